The van der Waals surface area contributed by atoms with Gasteiger partial charge < -0.3 is 35.2 Å². The van der Waals surface area contributed by atoms with Crippen molar-refractivity contribution in [3.63, 3.8) is 0 Å². The maximum atomic E-state index is 13.4. The van der Waals surface area contributed by atoms with Gasteiger partial charge in [0, 0.05) is 87.9 Å². The minimum absolute atomic E-state index is 0.0492. The van der Waals surface area contributed by atoms with Crippen LogP contribution < -0.4 is 26.2 Å². The Morgan fingerprint density at radius 2 is 1.02 bits per heavy atom. The van der Waals surface area contributed by atoms with E-state index in [-0.39, 0.29) is 44.4 Å². The second kappa shape index (κ2) is 17.4. The number of aromatic hydroxyl groups is 1. The van der Waals surface area contributed by atoms with Crippen molar-refractivity contribution in [2.75, 3.05) is 17.7 Å². The van der Waals surface area contributed by atoms with E-state index in [4.69, 9.17) is 29.4 Å². The first-order chi connectivity index (χ1) is 36.2. The molecule has 0 atom stereocenters. The van der Waals surface area contributed by atoms with Crippen LogP contribution in [0, 0.1) is 0 Å². The van der Waals surface area contributed by atoms with Crippen LogP contribution in [0.1, 0.15) is 150 Å². The number of pyridine rings is 2. The molecule has 2 heterocycles. The number of anilines is 2. The fraction of sp³-hybridized carbons (Fsp3) is 0.340. The van der Waals surface area contributed by atoms with E-state index in [1.54, 1.807) is 84.0 Å². The lowest BCUT2D eigenvalue weighted by Gasteiger charge is -2.29. The molecule has 6 rings (SSSR count). The van der Waals surface area contributed by atoms with E-state index in [1.807, 2.05) is 0 Å². The van der Waals surface area contributed by atoms with Gasteiger partial charge in [0.2, 0.25) is 10.9 Å². The Bertz CT molecular complexity index is 3410. The van der Waals surface area contributed by atoms with Crippen molar-refractivity contribution >= 4 is 51.2 Å². The molecular weight excluding hydrogens is 785 g/mol. The van der Waals surface area contributed by atoms with Crippen molar-refractivity contribution in [3.05, 3.63) is 139 Å². The zero-order valence-electron chi connectivity index (χ0n) is 52.9. The zero-order valence-corrected chi connectivity index (χ0v) is 34.9. The van der Waals surface area contributed by atoms with Gasteiger partial charge in [0.15, 0.2) is 0 Å². The maximum Gasteiger partial charge on any atom is 0.513 e. The SMILES string of the molecule is [2H]C([2H])([2H])C(c1cc(C(C)(C)C)c(NC(=O)c2c[nH]c3ccccc3c2=O)cc1O)(C([2H])([2H])[2H])C([2H])([2H])[2H].[2H]C([2H])([2H])C(c1cc(C(C)(C)C)c(NC(=O)c2c[nH]c3ccccc3c2=O)cc1OC(=O)OC)(C([2H])([2H])[2H])C([2H])([2H])[2H]. The van der Waals surface area contributed by atoms with Crippen LogP contribution in [-0.4, -0.2) is 40.2 Å². The number of fused-ring (bicyclic) bond motifs is 2. The Balaban J connectivity index is 0.000000295. The summed E-state index contributed by atoms with van der Waals surface area (Å²) in [4.78, 5) is 70.4. The molecule has 12 nitrogen and oxygen atoms in total. The Kier molecular flexibility index (Phi) is 7.64. The highest BCUT2D eigenvalue weighted by Crippen LogP contribution is 2.41. The fourth-order valence-corrected chi connectivity index (χ4v) is 6.48. The lowest BCUT2D eigenvalue weighted by atomic mass is 9.79. The summed E-state index contributed by atoms with van der Waals surface area (Å²) in [6, 6.07) is 16.9. The van der Waals surface area contributed by atoms with E-state index in [9.17, 15) is 29.1 Å². The second-order valence-corrected chi connectivity index (χ2v) is 16.4. The molecule has 0 aliphatic heterocycles. The molecule has 5 N–H and O–H groups in total. The van der Waals surface area contributed by atoms with Gasteiger partial charge in [0.1, 0.15) is 22.6 Å². The van der Waals surface area contributed by atoms with Crippen molar-refractivity contribution in [2.45, 2.75) is 104 Å². The number of nitrogens with one attached hydrogen (secondary N) is 4. The highest BCUT2D eigenvalue weighted by Gasteiger charge is 2.30. The fourth-order valence-electron chi connectivity index (χ4n) is 6.48. The van der Waals surface area contributed by atoms with Gasteiger partial charge in [-0.15, -0.1) is 0 Å². The summed E-state index contributed by atoms with van der Waals surface area (Å²) in [5.74, 6) is -3.45. The monoisotopic (exact) mass is 861 g/mol. The normalized spacial score (nSPS) is 17.5. The number of phenolic OH excluding ortho intramolecular Hbond substituents is 1. The van der Waals surface area contributed by atoms with Crippen LogP contribution >= 0.6 is 0 Å². The molecule has 2 aromatic heterocycles. The molecule has 62 heavy (non-hydrogen) atoms. The summed E-state index contributed by atoms with van der Waals surface area (Å²) in [6.45, 7) is -11.8. The molecule has 0 fully saturated rings. The summed E-state index contributed by atoms with van der Waals surface area (Å²) in [5, 5.41) is 16.5. The van der Waals surface area contributed by atoms with Crippen LogP contribution in [0.2, 0.25) is 0 Å². The van der Waals surface area contributed by atoms with Gasteiger partial charge in [-0.05, 0) is 74.7 Å². The third kappa shape index (κ3) is 10.2. The molecule has 0 aliphatic rings. The topological polar surface area (TPSA) is 180 Å². The lowest BCUT2D eigenvalue weighted by Crippen LogP contribution is -2.25. The number of hydrogen-bond acceptors (Lipinski definition) is 8. The van der Waals surface area contributed by atoms with Gasteiger partial charge in [-0.25, -0.2) is 4.79 Å². The third-order valence-electron chi connectivity index (χ3n) is 9.60. The minimum Gasteiger partial charge on any atom is -0.508 e. The summed E-state index contributed by atoms with van der Waals surface area (Å²) >= 11 is 0. The number of hydrogen-bond donors (Lipinski definition) is 5. The smallest absolute Gasteiger partial charge is 0.508 e. The number of rotatable bonds is 5. The number of phenols is 1. The number of H-pyrrole nitrogens is 2. The molecule has 0 bridgehead atoms. The molecule has 0 radical (unpaired) electrons. The van der Waals surface area contributed by atoms with E-state index < -0.39 is 114 Å². The van der Waals surface area contributed by atoms with Crippen molar-refractivity contribution in [1.82, 2.24) is 9.97 Å². The van der Waals surface area contributed by atoms with Gasteiger partial charge >= 0.3 is 6.16 Å². The van der Waals surface area contributed by atoms with Gasteiger partial charge in [-0.1, -0.05) is 107 Å². The average molecular weight is 861 g/mol. The summed E-state index contributed by atoms with van der Waals surface area (Å²) in [7, 11) is 0.935. The number of para-hydroxylation sites is 2. The summed E-state index contributed by atoms with van der Waals surface area (Å²) in [5.41, 5.74) is -11.0. The lowest BCUT2D eigenvalue weighted by molar-refractivity contribution is 0.101. The van der Waals surface area contributed by atoms with E-state index in [2.05, 4.69) is 25.3 Å². The number of amides is 2. The molecule has 0 saturated carbocycles. The predicted octanol–water partition coefficient (Wildman–Crippen LogP) is 10.6. The van der Waals surface area contributed by atoms with Gasteiger partial charge in [0.25, 0.3) is 11.8 Å². The zero-order chi connectivity index (χ0) is 61.1. The maximum absolute atomic E-state index is 13.4. The number of aromatic amines is 2. The van der Waals surface area contributed by atoms with Crippen molar-refractivity contribution in [2.24, 2.45) is 0 Å². The molecule has 6 aromatic rings. The molecule has 0 saturated heterocycles. The number of ether oxygens (including phenoxy) is 2. The highest BCUT2D eigenvalue weighted by atomic mass is 16.7. The number of benzene rings is 4. The highest BCUT2D eigenvalue weighted by molar-refractivity contribution is 6.07. The second-order valence-electron chi connectivity index (χ2n) is 16.4. The quantitative estimate of drug-likeness (QED) is 0.0839. The van der Waals surface area contributed by atoms with Crippen LogP contribution in [-0.2, 0) is 26.4 Å². The van der Waals surface area contributed by atoms with Gasteiger partial charge in [-0.2, -0.15) is 0 Å². The standard InChI is InChI=1S/C26H30N2O5.C24H28N2O3/c1-25(2,3)17-12-18(26(4,5)6)21(33-24(31)32-7)13-20(17)28-23(30)16-14-27-19-11-9-8-10-15(19)22(16)29;1-23(2,3)16-11-17(24(4,5)6)20(27)12-19(16)26-22(29)15-13-25-18-10-8-7-9-14(18)21(15)28/h8-14H,1-7H3,(H,27,29)(H,28,30);7-13,27H,1-6H3,(H,25,28)(H,26,29)/i2*4D3,5D3,6D3. The van der Waals surface area contributed by atoms with Crippen LogP contribution in [0.3, 0.4) is 0 Å². The third-order valence-corrected chi connectivity index (χ3v) is 9.60. The summed E-state index contributed by atoms with van der Waals surface area (Å²) in [6.07, 6.45) is 1.03. The molecule has 2 amide bonds. The molecule has 0 spiro atoms. The Morgan fingerprint density at radius 1 is 0.597 bits per heavy atom. The van der Waals surface area contributed by atoms with Crippen LogP contribution in [0.25, 0.3) is 21.8 Å². The van der Waals surface area contributed by atoms with Crippen LogP contribution in [0.4, 0.5) is 16.2 Å². The largest absolute Gasteiger partial charge is 0.513 e. The number of methoxy groups -OCH3 is 1. The first-order valence-electron chi connectivity index (χ1n) is 27.9. The molecular formula is C50H58N4O8. The van der Waals surface area contributed by atoms with Gasteiger partial charge in [-0.3, -0.25) is 19.2 Å². The average Bonchev–Trinajstić information content (AvgIpc) is 3.27. The molecule has 326 valence electrons. The minimum atomic E-state index is -3.67. The van der Waals surface area contributed by atoms with Crippen molar-refractivity contribution in [3.8, 4) is 11.5 Å². The first kappa shape index (κ1) is 27.3. The Labute approximate surface area is 387 Å². The Hall–Kier alpha value is -6.69. The van der Waals surface area contributed by atoms with E-state index in [0.717, 1.165) is 31.4 Å². The van der Waals surface area contributed by atoms with E-state index >= 15 is 0 Å². The predicted molar refractivity (Wildman–Crippen MR) is 247 cm³/mol. The van der Waals surface area contributed by atoms with Gasteiger partial charge in [0.05, 0.1) is 7.11 Å². The number of carbonyl (C=O) groups excluding carboxylic acids is 3. The number of aromatic nitrogens is 2. The molecule has 0 unspecified atom stereocenters. The molecule has 0 aliphatic carbocycles. The Morgan fingerprint density at radius 3 is 1.45 bits per heavy atom. The molecule has 12 heteroatoms. The number of carbonyl (C=O) groups is 3. The van der Waals surface area contributed by atoms with Crippen molar-refractivity contribution < 1.29 is 53.6 Å². The molecule has 4 aromatic carbocycles. The van der Waals surface area contributed by atoms with Crippen LogP contribution in [0.5, 0.6) is 11.5 Å². The van der Waals surface area contributed by atoms with E-state index in [0.29, 0.717) is 11.0 Å². The van der Waals surface area contributed by atoms with Crippen LogP contribution in [0.15, 0.2) is 94.8 Å². The summed E-state index contributed by atoms with van der Waals surface area (Å²) < 4.78 is 155. The first-order valence-corrected chi connectivity index (χ1v) is 18.9. The van der Waals surface area contributed by atoms with E-state index in [1.165, 1.54) is 18.5 Å². The van der Waals surface area contributed by atoms with Crippen molar-refractivity contribution in [1.29, 1.82) is 0 Å².